The quantitative estimate of drug-likeness (QED) is 0.795. The highest BCUT2D eigenvalue weighted by molar-refractivity contribution is 7.89. The van der Waals surface area contributed by atoms with Gasteiger partial charge < -0.3 is 15.2 Å². The van der Waals surface area contributed by atoms with Crippen LogP contribution in [-0.2, 0) is 14.8 Å². The molecule has 8 heteroatoms. The van der Waals surface area contributed by atoms with Gasteiger partial charge in [-0.25, -0.2) is 12.7 Å². The average molecular weight is 356 g/mol. The molecule has 1 fully saturated rings. The van der Waals surface area contributed by atoms with E-state index in [9.17, 15) is 18.3 Å². The topological polar surface area (TPSA) is 95.9 Å². The maximum absolute atomic E-state index is 12.2. The Bertz CT molecular complexity index is 652. The number of carbonyl (C=O) groups is 1. The van der Waals surface area contributed by atoms with Crippen molar-refractivity contribution in [2.75, 3.05) is 18.8 Å². The van der Waals surface area contributed by atoms with Crippen molar-refractivity contribution in [3.8, 4) is 11.5 Å². The van der Waals surface area contributed by atoms with Crippen molar-refractivity contribution < 1.29 is 23.1 Å². The second kappa shape index (κ2) is 7.85. The zero-order valence-electron chi connectivity index (χ0n) is 13.9. The zero-order chi connectivity index (χ0) is 17.7. The van der Waals surface area contributed by atoms with Crippen molar-refractivity contribution in [2.24, 2.45) is 0 Å². The molecule has 0 aromatic heterocycles. The molecular formula is C16H24N2O5S. The fraction of sp³-hybridized carbons (Fsp3) is 0.562. The maximum atomic E-state index is 12.2. The van der Waals surface area contributed by atoms with Crippen LogP contribution in [-0.4, -0.2) is 54.7 Å². The van der Waals surface area contributed by atoms with Gasteiger partial charge in [-0.3, -0.25) is 4.79 Å². The van der Waals surface area contributed by atoms with E-state index in [2.05, 4.69) is 5.32 Å². The highest BCUT2D eigenvalue weighted by atomic mass is 32.2. The highest BCUT2D eigenvalue weighted by Gasteiger charge is 2.28. The van der Waals surface area contributed by atoms with Gasteiger partial charge in [0.05, 0.1) is 5.75 Å². The van der Waals surface area contributed by atoms with Crippen molar-refractivity contribution in [3.63, 3.8) is 0 Å². The highest BCUT2D eigenvalue weighted by Crippen LogP contribution is 2.18. The molecule has 1 saturated heterocycles. The zero-order valence-corrected chi connectivity index (χ0v) is 14.8. The molecule has 2 N–H and O–H groups in total. The molecule has 1 atom stereocenters. The van der Waals surface area contributed by atoms with Crippen LogP contribution in [0, 0.1) is 0 Å². The van der Waals surface area contributed by atoms with Crippen LogP contribution in [0.4, 0.5) is 0 Å². The number of phenols is 1. The number of nitrogens with one attached hydrogen (secondary N) is 1. The van der Waals surface area contributed by atoms with Gasteiger partial charge >= 0.3 is 0 Å². The number of benzene rings is 1. The fourth-order valence-corrected chi connectivity index (χ4v) is 3.69. The molecule has 1 aliphatic rings. The number of aromatic hydroxyl groups is 1. The summed E-state index contributed by atoms with van der Waals surface area (Å²) in [5.41, 5.74) is 0. The molecule has 0 spiro atoms. The van der Waals surface area contributed by atoms with E-state index in [0.29, 0.717) is 31.7 Å². The summed E-state index contributed by atoms with van der Waals surface area (Å²) in [6.45, 7) is 4.13. The first-order valence-electron chi connectivity index (χ1n) is 8.05. The van der Waals surface area contributed by atoms with E-state index in [1.165, 1.54) is 16.4 Å². The number of amides is 1. The summed E-state index contributed by atoms with van der Waals surface area (Å²) in [5.74, 6) is 0.495. The largest absolute Gasteiger partial charge is 0.508 e. The molecule has 24 heavy (non-hydrogen) atoms. The van der Waals surface area contributed by atoms with Gasteiger partial charge in [-0.05, 0) is 51.0 Å². The molecular weight excluding hydrogens is 332 g/mol. The summed E-state index contributed by atoms with van der Waals surface area (Å²) in [4.78, 5) is 12.2. The van der Waals surface area contributed by atoms with Gasteiger partial charge in [0.2, 0.25) is 10.0 Å². The molecule has 2 rings (SSSR count). The van der Waals surface area contributed by atoms with E-state index >= 15 is 0 Å². The van der Waals surface area contributed by atoms with Gasteiger partial charge in [0.25, 0.3) is 5.91 Å². The number of sulfonamides is 1. The van der Waals surface area contributed by atoms with Gasteiger partial charge in [0.15, 0.2) is 6.10 Å². The summed E-state index contributed by atoms with van der Waals surface area (Å²) in [6.07, 6.45) is 0.514. The minimum absolute atomic E-state index is 0.0494. The standard InChI is InChI=1S/C16H24N2O5S/c1-3-24(21,22)18-10-8-13(9-11-18)17-16(20)12(2)23-15-6-4-14(19)5-7-15/h4-7,12-13,19H,3,8-11H2,1-2H3,(H,17,20). The number of hydrogen-bond donors (Lipinski definition) is 2. The molecule has 7 nitrogen and oxygen atoms in total. The number of phenolic OH excluding ortho intramolecular Hbond substituents is 1. The minimum atomic E-state index is -3.16. The first-order chi connectivity index (χ1) is 11.3. The predicted octanol–water partition coefficient (Wildman–Crippen LogP) is 1.09. The third kappa shape index (κ3) is 4.85. The minimum Gasteiger partial charge on any atom is -0.508 e. The lowest BCUT2D eigenvalue weighted by atomic mass is 10.1. The molecule has 0 bridgehead atoms. The Balaban J connectivity index is 1.81. The van der Waals surface area contributed by atoms with Crippen LogP contribution < -0.4 is 10.1 Å². The lowest BCUT2D eigenvalue weighted by Crippen LogP contribution is -2.49. The second-order valence-electron chi connectivity index (χ2n) is 5.84. The van der Waals surface area contributed by atoms with Gasteiger partial charge in [-0.15, -0.1) is 0 Å². The van der Waals surface area contributed by atoms with Crippen LogP contribution in [0.15, 0.2) is 24.3 Å². The van der Waals surface area contributed by atoms with E-state index in [1.54, 1.807) is 26.0 Å². The molecule has 1 unspecified atom stereocenters. The normalized spacial score (nSPS) is 18.1. The molecule has 1 aliphatic heterocycles. The summed E-state index contributed by atoms with van der Waals surface area (Å²) in [5, 5.41) is 12.1. The number of nitrogens with zero attached hydrogens (tertiary/aromatic N) is 1. The summed E-state index contributed by atoms with van der Waals surface area (Å²) in [7, 11) is -3.16. The first kappa shape index (κ1) is 18.5. The molecule has 134 valence electrons. The van der Waals surface area contributed by atoms with Crippen LogP contribution in [0.1, 0.15) is 26.7 Å². The maximum Gasteiger partial charge on any atom is 0.260 e. The Morgan fingerprint density at radius 2 is 1.92 bits per heavy atom. The number of piperidine rings is 1. The molecule has 0 aliphatic carbocycles. The van der Waals surface area contributed by atoms with Crippen LogP contribution in [0.25, 0.3) is 0 Å². The van der Waals surface area contributed by atoms with Crippen molar-refractivity contribution in [2.45, 2.75) is 38.8 Å². The van der Waals surface area contributed by atoms with Crippen LogP contribution in [0.2, 0.25) is 0 Å². The van der Waals surface area contributed by atoms with E-state index in [-0.39, 0.29) is 23.5 Å². The summed E-state index contributed by atoms with van der Waals surface area (Å²) in [6, 6.07) is 6.11. The van der Waals surface area contributed by atoms with E-state index in [0.717, 1.165) is 0 Å². The van der Waals surface area contributed by atoms with Gasteiger partial charge in [0, 0.05) is 19.1 Å². The molecule has 1 aromatic rings. The number of ether oxygens (including phenoxy) is 1. The number of hydrogen-bond acceptors (Lipinski definition) is 5. The molecule has 1 aromatic carbocycles. The lowest BCUT2D eigenvalue weighted by Gasteiger charge is -2.31. The van der Waals surface area contributed by atoms with Gasteiger partial charge in [0.1, 0.15) is 11.5 Å². The predicted molar refractivity (Wildman–Crippen MR) is 90.4 cm³/mol. The van der Waals surface area contributed by atoms with E-state index < -0.39 is 16.1 Å². The SMILES string of the molecule is CCS(=O)(=O)N1CCC(NC(=O)C(C)Oc2ccc(O)cc2)CC1. The summed E-state index contributed by atoms with van der Waals surface area (Å²) >= 11 is 0. The number of carbonyl (C=O) groups excluding carboxylic acids is 1. The Morgan fingerprint density at radius 3 is 2.46 bits per heavy atom. The van der Waals surface area contributed by atoms with Gasteiger partial charge in [-0.1, -0.05) is 0 Å². The molecule has 1 heterocycles. The third-order valence-corrected chi connectivity index (χ3v) is 5.96. The lowest BCUT2D eigenvalue weighted by molar-refractivity contribution is -0.128. The Hall–Kier alpha value is -1.80. The average Bonchev–Trinajstić information content (AvgIpc) is 2.57. The molecule has 0 saturated carbocycles. The Morgan fingerprint density at radius 1 is 1.33 bits per heavy atom. The Labute approximate surface area is 142 Å². The van der Waals surface area contributed by atoms with Crippen LogP contribution >= 0.6 is 0 Å². The van der Waals surface area contributed by atoms with E-state index in [4.69, 9.17) is 4.74 Å². The number of rotatable bonds is 6. The summed E-state index contributed by atoms with van der Waals surface area (Å²) < 4.78 is 30.7. The van der Waals surface area contributed by atoms with E-state index in [1.807, 2.05) is 0 Å². The molecule has 1 amide bonds. The monoisotopic (exact) mass is 356 g/mol. The van der Waals surface area contributed by atoms with Gasteiger partial charge in [-0.2, -0.15) is 0 Å². The second-order valence-corrected chi connectivity index (χ2v) is 8.09. The Kier molecular flexibility index (Phi) is 6.06. The van der Waals surface area contributed by atoms with Crippen molar-refractivity contribution in [3.05, 3.63) is 24.3 Å². The molecule has 0 radical (unpaired) electrons. The fourth-order valence-electron chi connectivity index (χ4n) is 2.56. The smallest absolute Gasteiger partial charge is 0.260 e. The third-order valence-electron chi connectivity index (χ3n) is 4.08. The van der Waals surface area contributed by atoms with Crippen LogP contribution in [0.5, 0.6) is 11.5 Å². The van der Waals surface area contributed by atoms with Crippen molar-refractivity contribution >= 4 is 15.9 Å². The van der Waals surface area contributed by atoms with Crippen molar-refractivity contribution in [1.82, 2.24) is 9.62 Å². The van der Waals surface area contributed by atoms with Crippen molar-refractivity contribution in [1.29, 1.82) is 0 Å². The first-order valence-corrected chi connectivity index (χ1v) is 9.66. The van der Waals surface area contributed by atoms with Crippen LogP contribution in [0.3, 0.4) is 0 Å².